The van der Waals surface area contributed by atoms with Gasteiger partial charge in [-0.15, -0.1) is 0 Å². The molecule has 1 heterocycles. The number of benzene rings is 1. The van der Waals surface area contributed by atoms with Gasteiger partial charge in [-0.3, -0.25) is 9.59 Å². The molecule has 5 nitrogen and oxygen atoms in total. The number of carbonyl (C=O) groups excluding carboxylic acids is 2. The van der Waals surface area contributed by atoms with Gasteiger partial charge in [-0.05, 0) is 24.8 Å². The molecule has 124 valence electrons. The molecule has 0 bridgehead atoms. The Morgan fingerprint density at radius 2 is 2.26 bits per heavy atom. The normalized spacial score (nSPS) is 23.5. The molecule has 2 atom stereocenters. The fourth-order valence-corrected chi connectivity index (χ4v) is 3.29. The first-order valence-corrected chi connectivity index (χ1v) is 8.06. The largest absolute Gasteiger partial charge is 0.481 e. The van der Waals surface area contributed by atoms with Gasteiger partial charge in [0.25, 0.3) is 5.91 Å². The first-order chi connectivity index (χ1) is 11.0. The number of rotatable bonds is 3. The van der Waals surface area contributed by atoms with Gasteiger partial charge in [0, 0.05) is 18.0 Å². The van der Waals surface area contributed by atoms with E-state index < -0.39 is 5.82 Å². The van der Waals surface area contributed by atoms with Gasteiger partial charge >= 0.3 is 0 Å². The Hall–Kier alpha value is -2.11. The third-order valence-electron chi connectivity index (χ3n) is 4.57. The van der Waals surface area contributed by atoms with Gasteiger partial charge in [-0.2, -0.15) is 0 Å². The van der Waals surface area contributed by atoms with Crippen LogP contribution in [0.15, 0.2) is 12.1 Å². The van der Waals surface area contributed by atoms with E-state index in [0.717, 1.165) is 19.3 Å². The third kappa shape index (κ3) is 3.46. The summed E-state index contributed by atoms with van der Waals surface area (Å²) in [5.74, 6) is -0.0521. The quantitative estimate of drug-likeness (QED) is 0.899. The molecule has 1 aromatic carbocycles. The van der Waals surface area contributed by atoms with Crippen molar-refractivity contribution in [2.75, 3.05) is 11.9 Å². The molecule has 1 aromatic rings. The number of hydrogen-bond donors (Lipinski definition) is 2. The van der Waals surface area contributed by atoms with Crippen LogP contribution in [0, 0.1) is 17.7 Å². The molecule has 2 aliphatic rings. The van der Waals surface area contributed by atoms with Crippen molar-refractivity contribution in [2.24, 2.45) is 11.8 Å². The van der Waals surface area contributed by atoms with Crippen molar-refractivity contribution in [3.05, 3.63) is 23.5 Å². The van der Waals surface area contributed by atoms with Crippen LogP contribution in [-0.2, 0) is 16.1 Å². The molecule has 1 saturated carbocycles. The smallest absolute Gasteiger partial charge is 0.262 e. The summed E-state index contributed by atoms with van der Waals surface area (Å²) in [5.41, 5.74) is 0.394. The fraction of sp³-hybridized carbons (Fsp3) is 0.529. The maximum absolute atomic E-state index is 14.4. The van der Waals surface area contributed by atoms with Crippen LogP contribution in [-0.4, -0.2) is 18.4 Å². The number of anilines is 1. The van der Waals surface area contributed by atoms with Crippen molar-refractivity contribution in [2.45, 2.75) is 39.2 Å². The predicted octanol–water partition coefficient (Wildman–Crippen LogP) is 2.60. The van der Waals surface area contributed by atoms with Crippen LogP contribution in [0.5, 0.6) is 5.75 Å². The first-order valence-electron chi connectivity index (χ1n) is 8.06. The second-order valence-electron chi connectivity index (χ2n) is 6.44. The molecule has 2 amide bonds. The van der Waals surface area contributed by atoms with Crippen molar-refractivity contribution < 1.29 is 18.7 Å². The summed E-state index contributed by atoms with van der Waals surface area (Å²) in [4.78, 5) is 23.6. The lowest BCUT2D eigenvalue weighted by Gasteiger charge is -2.26. The average molecular weight is 320 g/mol. The number of hydrogen-bond acceptors (Lipinski definition) is 3. The maximum Gasteiger partial charge on any atom is 0.262 e. The van der Waals surface area contributed by atoms with Crippen molar-refractivity contribution in [3.63, 3.8) is 0 Å². The molecular formula is C17H21FN2O3. The summed E-state index contributed by atoms with van der Waals surface area (Å²) in [6, 6.07) is 3.19. The Balaban J connectivity index is 1.65. The highest BCUT2D eigenvalue weighted by atomic mass is 19.1. The molecule has 2 N–H and O–H groups in total. The Bertz CT molecular complexity index is 633. The minimum Gasteiger partial charge on any atom is -0.481 e. The van der Waals surface area contributed by atoms with Crippen LogP contribution >= 0.6 is 0 Å². The maximum atomic E-state index is 14.4. The molecule has 2 unspecified atom stereocenters. The summed E-state index contributed by atoms with van der Waals surface area (Å²) >= 11 is 0. The molecular weight excluding hydrogens is 299 g/mol. The number of fused-ring (bicyclic) bond motifs is 1. The number of halogens is 1. The molecule has 23 heavy (non-hydrogen) atoms. The predicted molar refractivity (Wildman–Crippen MR) is 83.5 cm³/mol. The summed E-state index contributed by atoms with van der Waals surface area (Å²) in [6.07, 6.45) is 4.02. The molecule has 0 radical (unpaired) electrons. The molecule has 6 heteroatoms. The minimum absolute atomic E-state index is 0.0162. The van der Waals surface area contributed by atoms with Gasteiger partial charge in [0.15, 0.2) is 12.4 Å². The Morgan fingerprint density at radius 3 is 3.04 bits per heavy atom. The molecule has 1 fully saturated rings. The summed E-state index contributed by atoms with van der Waals surface area (Å²) in [6.45, 7) is 2.16. The Morgan fingerprint density at radius 1 is 1.43 bits per heavy atom. The van der Waals surface area contributed by atoms with Crippen molar-refractivity contribution in [3.8, 4) is 5.75 Å². The fourth-order valence-electron chi connectivity index (χ4n) is 3.29. The molecule has 1 aliphatic heterocycles. The van der Waals surface area contributed by atoms with Gasteiger partial charge in [0.05, 0.1) is 0 Å². The van der Waals surface area contributed by atoms with E-state index in [1.54, 1.807) is 12.1 Å². The topological polar surface area (TPSA) is 67.4 Å². The second kappa shape index (κ2) is 6.56. The molecule has 3 rings (SSSR count). The van der Waals surface area contributed by atoms with Crippen LogP contribution in [0.1, 0.15) is 38.2 Å². The first kappa shape index (κ1) is 15.8. The van der Waals surface area contributed by atoms with Gasteiger partial charge in [-0.25, -0.2) is 4.39 Å². The lowest BCUT2D eigenvalue weighted by Crippen LogP contribution is -2.33. The number of carbonyl (C=O) groups is 2. The highest BCUT2D eigenvalue weighted by Gasteiger charge is 2.26. The standard InChI is InChI=1S/C17H21FN2O3/c1-10-3-2-4-11(7-10)17(22)19-8-12-5-6-13-16(15(12)18)20-14(21)9-23-13/h5-6,10-11H,2-4,7-9H2,1H3,(H,19,22)(H,20,21). The average Bonchev–Trinajstić information content (AvgIpc) is 2.54. The summed E-state index contributed by atoms with van der Waals surface area (Å²) in [5, 5.41) is 5.29. The van der Waals surface area contributed by atoms with E-state index in [4.69, 9.17) is 4.74 Å². The zero-order valence-electron chi connectivity index (χ0n) is 13.2. The van der Waals surface area contributed by atoms with E-state index in [1.165, 1.54) is 6.42 Å². The Labute approximate surface area is 134 Å². The van der Waals surface area contributed by atoms with E-state index in [0.29, 0.717) is 17.2 Å². The number of nitrogens with one attached hydrogen (secondary N) is 2. The van der Waals surface area contributed by atoms with Crippen LogP contribution in [0.2, 0.25) is 0 Å². The van der Waals surface area contributed by atoms with Crippen molar-refractivity contribution in [1.82, 2.24) is 5.32 Å². The second-order valence-corrected chi connectivity index (χ2v) is 6.44. The van der Waals surface area contributed by atoms with Crippen LogP contribution in [0.4, 0.5) is 10.1 Å². The summed E-state index contributed by atoms with van der Waals surface area (Å²) in [7, 11) is 0. The van der Waals surface area contributed by atoms with E-state index in [2.05, 4.69) is 17.6 Å². The van der Waals surface area contributed by atoms with Gasteiger partial charge in [0.1, 0.15) is 11.4 Å². The zero-order chi connectivity index (χ0) is 16.4. The third-order valence-corrected chi connectivity index (χ3v) is 4.57. The minimum atomic E-state index is -0.548. The van der Waals surface area contributed by atoms with Crippen molar-refractivity contribution >= 4 is 17.5 Å². The molecule has 1 aliphatic carbocycles. The zero-order valence-corrected chi connectivity index (χ0v) is 13.2. The van der Waals surface area contributed by atoms with Crippen LogP contribution in [0.25, 0.3) is 0 Å². The van der Waals surface area contributed by atoms with Gasteiger partial charge < -0.3 is 15.4 Å². The van der Waals surface area contributed by atoms with E-state index >= 15 is 0 Å². The highest BCUT2D eigenvalue weighted by molar-refractivity contribution is 5.95. The van der Waals surface area contributed by atoms with Gasteiger partial charge in [-0.1, -0.05) is 25.8 Å². The molecule has 0 aromatic heterocycles. The lowest BCUT2D eigenvalue weighted by molar-refractivity contribution is -0.126. The van der Waals surface area contributed by atoms with Crippen LogP contribution < -0.4 is 15.4 Å². The van der Waals surface area contributed by atoms with E-state index in [9.17, 15) is 14.0 Å². The monoisotopic (exact) mass is 320 g/mol. The molecule has 0 spiro atoms. The number of ether oxygens (including phenoxy) is 1. The highest BCUT2D eigenvalue weighted by Crippen LogP contribution is 2.32. The van der Waals surface area contributed by atoms with E-state index in [-0.39, 0.29) is 36.6 Å². The van der Waals surface area contributed by atoms with Gasteiger partial charge in [0.2, 0.25) is 5.91 Å². The van der Waals surface area contributed by atoms with E-state index in [1.807, 2.05) is 0 Å². The van der Waals surface area contributed by atoms with Crippen molar-refractivity contribution in [1.29, 1.82) is 0 Å². The summed E-state index contributed by atoms with van der Waals surface area (Å²) < 4.78 is 19.6. The molecule has 0 saturated heterocycles. The Kier molecular flexibility index (Phi) is 4.50. The van der Waals surface area contributed by atoms with Crippen LogP contribution in [0.3, 0.4) is 0 Å². The lowest BCUT2D eigenvalue weighted by atomic mass is 9.82. The SMILES string of the molecule is CC1CCCC(C(=O)NCc2ccc3c(c2F)NC(=O)CO3)C1. The number of amides is 2.